The second-order valence-electron chi connectivity index (χ2n) is 9.36. The number of hydrogen-bond donors (Lipinski definition) is 2. The number of aliphatic carboxylic acids is 1. The summed E-state index contributed by atoms with van der Waals surface area (Å²) >= 11 is 0. The largest absolute Gasteiger partial charge is 0.507 e. The number of carbonyl (C=O) groups is 1. The van der Waals surface area contributed by atoms with E-state index < -0.39 is 5.97 Å². The van der Waals surface area contributed by atoms with Crippen LogP contribution in [0.3, 0.4) is 0 Å². The minimum atomic E-state index is -0.960. The fourth-order valence-corrected chi connectivity index (χ4v) is 4.12. The van der Waals surface area contributed by atoms with Gasteiger partial charge in [0.2, 0.25) is 0 Å². The lowest BCUT2D eigenvalue weighted by Gasteiger charge is -2.42. The number of phenols is 1. The maximum atomic E-state index is 10.8. The molecule has 0 aromatic heterocycles. The van der Waals surface area contributed by atoms with Crippen molar-refractivity contribution in [3.8, 4) is 16.9 Å². The monoisotopic (exact) mass is 390 g/mol. The summed E-state index contributed by atoms with van der Waals surface area (Å²) in [5, 5.41) is 19.4. The number of phenolic OH excluding ortho intramolecular Hbond substituents is 1. The van der Waals surface area contributed by atoms with Crippen molar-refractivity contribution >= 4 is 12.0 Å². The molecule has 2 aromatic rings. The molecule has 0 aliphatic heterocycles. The SMILES string of the molecule is CC(C=Cc1ccc(O)c(-c2ccc3c(c2)C(C)(C)CCC3(C)C)c1)=CC(=O)O. The summed E-state index contributed by atoms with van der Waals surface area (Å²) in [4.78, 5) is 10.8. The molecule has 2 N–H and O–H groups in total. The highest BCUT2D eigenvalue weighted by atomic mass is 16.4. The fourth-order valence-electron chi connectivity index (χ4n) is 4.12. The Labute approximate surface area is 173 Å². The van der Waals surface area contributed by atoms with E-state index in [0.29, 0.717) is 5.57 Å². The molecule has 0 atom stereocenters. The topological polar surface area (TPSA) is 57.5 Å². The molecule has 0 saturated heterocycles. The molecule has 0 amide bonds. The van der Waals surface area contributed by atoms with Crippen molar-refractivity contribution in [2.24, 2.45) is 0 Å². The molecule has 0 unspecified atom stereocenters. The number of rotatable bonds is 4. The van der Waals surface area contributed by atoms with Crippen molar-refractivity contribution in [3.63, 3.8) is 0 Å². The molecule has 1 aliphatic carbocycles. The van der Waals surface area contributed by atoms with Gasteiger partial charge in [0.15, 0.2) is 0 Å². The summed E-state index contributed by atoms with van der Waals surface area (Å²) in [6, 6.07) is 12.0. The summed E-state index contributed by atoms with van der Waals surface area (Å²) in [7, 11) is 0. The van der Waals surface area contributed by atoms with Gasteiger partial charge < -0.3 is 10.2 Å². The zero-order valence-electron chi connectivity index (χ0n) is 17.9. The Bertz CT molecular complexity index is 1010. The predicted octanol–water partition coefficient (Wildman–Crippen LogP) is 6.45. The van der Waals surface area contributed by atoms with Crippen molar-refractivity contribution in [1.29, 1.82) is 0 Å². The first kappa shape index (κ1) is 20.9. The van der Waals surface area contributed by atoms with Crippen molar-refractivity contribution in [2.45, 2.75) is 58.3 Å². The van der Waals surface area contributed by atoms with Crippen LogP contribution in [-0.2, 0) is 15.6 Å². The zero-order valence-corrected chi connectivity index (χ0v) is 17.9. The van der Waals surface area contributed by atoms with E-state index in [2.05, 4.69) is 45.9 Å². The minimum absolute atomic E-state index is 0.104. The first-order valence-electron chi connectivity index (χ1n) is 10.1. The van der Waals surface area contributed by atoms with Crippen LogP contribution in [0.15, 0.2) is 54.1 Å². The number of aromatic hydroxyl groups is 1. The maximum Gasteiger partial charge on any atom is 0.328 e. The average molecular weight is 391 g/mol. The van der Waals surface area contributed by atoms with Gasteiger partial charge in [-0.15, -0.1) is 0 Å². The van der Waals surface area contributed by atoms with Gasteiger partial charge in [0, 0.05) is 11.6 Å². The molecule has 152 valence electrons. The Balaban J connectivity index is 2.04. The number of allylic oxidation sites excluding steroid dienone is 2. The molecule has 1 aliphatic rings. The van der Waals surface area contributed by atoms with Gasteiger partial charge in [-0.25, -0.2) is 4.79 Å². The molecule has 0 fully saturated rings. The van der Waals surface area contributed by atoms with Crippen LogP contribution in [0.1, 0.15) is 64.2 Å². The van der Waals surface area contributed by atoms with E-state index in [4.69, 9.17) is 5.11 Å². The van der Waals surface area contributed by atoms with Gasteiger partial charge in [0.05, 0.1) is 0 Å². The highest BCUT2D eigenvalue weighted by molar-refractivity contribution is 5.81. The van der Waals surface area contributed by atoms with Gasteiger partial charge in [0.25, 0.3) is 0 Å². The van der Waals surface area contributed by atoms with Crippen LogP contribution in [0.4, 0.5) is 0 Å². The molecule has 0 spiro atoms. The smallest absolute Gasteiger partial charge is 0.328 e. The minimum Gasteiger partial charge on any atom is -0.507 e. The standard InChI is InChI=1S/C26H30O3/c1-17(14-24(28)29)6-7-18-8-11-23(27)20(15-18)19-9-10-21-22(16-19)26(4,5)13-12-25(21,2)3/h6-11,14-16,27H,12-13H2,1-5H3,(H,28,29). The van der Waals surface area contributed by atoms with E-state index in [1.807, 2.05) is 18.2 Å². The Kier molecular flexibility index (Phi) is 5.44. The quantitative estimate of drug-likeness (QED) is 0.466. The van der Waals surface area contributed by atoms with Crippen LogP contribution in [-0.4, -0.2) is 16.2 Å². The summed E-state index contributed by atoms with van der Waals surface area (Å²) < 4.78 is 0. The van der Waals surface area contributed by atoms with E-state index in [0.717, 1.165) is 23.1 Å². The third-order valence-electron chi connectivity index (χ3n) is 6.07. The molecule has 2 aromatic carbocycles. The first-order valence-corrected chi connectivity index (χ1v) is 10.1. The Morgan fingerprint density at radius 3 is 2.28 bits per heavy atom. The highest BCUT2D eigenvalue weighted by Gasteiger charge is 2.37. The maximum absolute atomic E-state index is 10.8. The second-order valence-corrected chi connectivity index (χ2v) is 9.36. The third kappa shape index (κ3) is 4.45. The lowest BCUT2D eigenvalue weighted by atomic mass is 9.63. The zero-order chi connectivity index (χ0) is 21.4. The lowest BCUT2D eigenvalue weighted by molar-refractivity contribution is -0.131. The van der Waals surface area contributed by atoms with Gasteiger partial charge in [-0.05, 0) is 70.6 Å². The number of carboxylic acids is 1. The van der Waals surface area contributed by atoms with E-state index in [-0.39, 0.29) is 16.6 Å². The molecule has 0 bridgehead atoms. The van der Waals surface area contributed by atoms with E-state index in [1.165, 1.54) is 23.6 Å². The second kappa shape index (κ2) is 7.55. The lowest BCUT2D eigenvalue weighted by Crippen LogP contribution is -2.33. The van der Waals surface area contributed by atoms with E-state index >= 15 is 0 Å². The van der Waals surface area contributed by atoms with Crippen molar-refractivity contribution in [1.82, 2.24) is 0 Å². The van der Waals surface area contributed by atoms with Crippen LogP contribution in [0.25, 0.3) is 17.2 Å². The molecular formula is C26H30O3. The summed E-state index contributed by atoms with van der Waals surface area (Å²) in [6.07, 6.45) is 7.11. The summed E-state index contributed by atoms with van der Waals surface area (Å²) in [6.45, 7) is 10.9. The highest BCUT2D eigenvalue weighted by Crippen LogP contribution is 2.47. The van der Waals surface area contributed by atoms with Gasteiger partial charge in [-0.3, -0.25) is 0 Å². The van der Waals surface area contributed by atoms with Crippen LogP contribution in [0.5, 0.6) is 5.75 Å². The predicted molar refractivity (Wildman–Crippen MR) is 119 cm³/mol. The molecule has 0 radical (unpaired) electrons. The molecule has 3 rings (SSSR count). The molecule has 0 saturated carbocycles. The first-order chi connectivity index (χ1) is 13.5. The molecule has 0 heterocycles. The van der Waals surface area contributed by atoms with Crippen LogP contribution < -0.4 is 0 Å². The molecule has 3 nitrogen and oxygen atoms in total. The molecular weight excluding hydrogens is 360 g/mol. The third-order valence-corrected chi connectivity index (χ3v) is 6.07. The van der Waals surface area contributed by atoms with Gasteiger partial charge in [0.1, 0.15) is 5.75 Å². The average Bonchev–Trinajstić information content (AvgIpc) is 2.64. The molecule has 3 heteroatoms. The number of carboxylic acid groups (broad SMARTS) is 1. The Morgan fingerprint density at radius 1 is 0.966 bits per heavy atom. The Hall–Kier alpha value is -2.81. The van der Waals surface area contributed by atoms with Crippen LogP contribution in [0, 0.1) is 0 Å². The van der Waals surface area contributed by atoms with Gasteiger partial charge >= 0.3 is 5.97 Å². The van der Waals surface area contributed by atoms with Crippen molar-refractivity contribution < 1.29 is 15.0 Å². The van der Waals surface area contributed by atoms with Gasteiger partial charge in [-0.2, -0.15) is 0 Å². The van der Waals surface area contributed by atoms with Crippen molar-refractivity contribution in [2.75, 3.05) is 0 Å². The van der Waals surface area contributed by atoms with Crippen LogP contribution >= 0.6 is 0 Å². The number of benzene rings is 2. The summed E-state index contributed by atoms with van der Waals surface area (Å²) in [5.74, 6) is -0.717. The number of hydrogen-bond acceptors (Lipinski definition) is 2. The van der Waals surface area contributed by atoms with Gasteiger partial charge in [-0.1, -0.05) is 64.1 Å². The molecule has 29 heavy (non-hydrogen) atoms. The van der Waals surface area contributed by atoms with Crippen LogP contribution in [0.2, 0.25) is 0 Å². The number of fused-ring (bicyclic) bond motifs is 1. The van der Waals surface area contributed by atoms with E-state index in [1.54, 1.807) is 19.1 Å². The fraction of sp³-hybridized carbons (Fsp3) is 0.346. The normalized spacial score (nSPS) is 17.9. The van der Waals surface area contributed by atoms with E-state index in [9.17, 15) is 9.90 Å². The Morgan fingerprint density at radius 2 is 1.62 bits per heavy atom. The van der Waals surface area contributed by atoms with Crippen molar-refractivity contribution in [3.05, 3.63) is 70.8 Å². The summed E-state index contributed by atoms with van der Waals surface area (Å²) in [5.41, 5.74) is 6.36.